The molecule has 1 atom stereocenters. The Morgan fingerprint density at radius 1 is 1.10 bits per heavy atom. The zero-order valence-corrected chi connectivity index (χ0v) is 15.3. The van der Waals surface area contributed by atoms with E-state index in [0.29, 0.717) is 0 Å². The van der Waals surface area contributed by atoms with Crippen LogP contribution >= 0.6 is 0 Å². The van der Waals surface area contributed by atoms with E-state index in [9.17, 15) is 0 Å². The lowest BCUT2D eigenvalue weighted by molar-refractivity contribution is -0.0854. The van der Waals surface area contributed by atoms with E-state index in [1.165, 1.54) is 57.8 Å². The minimum absolute atomic E-state index is 0.102. The van der Waals surface area contributed by atoms with Gasteiger partial charge in [0, 0.05) is 12.1 Å². The van der Waals surface area contributed by atoms with E-state index in [-0.39, 0.29) is 11.1 Å². The van der Waals surface area contributed by atoms with Crippen molar-refractivity contribution in [2.75, 3.05) is 13.2 Å². The zero-order valence-electron chi connectivity index (χ0n) is 15.3. The van der Waals surface area contributed by atoms with Gasteiger partial charge in [0.05, 0.1) is 12.2 Å². The molecule has 2 nitrogen and oxygen atoms in total. The maximum atomic E-state index is 6.55. The smallest absolute Gasteiger partial charge is 0.0806 e. The fraction of sp³-hybridized carbons (Fsp3) is 1.00. The normalized spacial score (nSPS) is 20.4. The van der Waals surface area contributed by atoms with Crippen LogP contribution in [0.3, 0.4) is 0 Å². The highest BCUT2D eigenvalue weighted by Gasteiger charge is 2.34. The predicted octanol–water partition coefficient (Wildman–Crippen LogP) is 5.31. The molecule has 0 amide bonds. The van der Waals surface area contributed by atoms with E-state index < -0.39 is 0 Å². The van der Waals surface area contributed by atoms with Crippen molar-refractivity contribution in [3.63, 3.8) is 0 Å². The molecular formula is C19H39NO. The van der Waals surface area contributed by atoms with Gasteiger partial charge in [-0.15, -0.1) is 0 Å². The van der Waals surface area contributed by atoms with Gasteiger partial charge in [-0.25, -0.2) is 0 Å². The van der Waals surface area contributed by atoms with Gasteiger partial charge in [0.15, 0.2) is 0 Å². The standard InChI is InChI=1S/C19H39NO/c1-6-8-12-17(7-2)15-21-19(13-10-9-11-14-19)16-20-18(3,4)5/h17,20H,6-16H2,1-5H3. The lowest BCUT2D eigenvalue weighted by atomic mass is 9.83. The molecule has 1 aliphatic rings. The van der Waals surface area contributed by atoms with Crippen molar-refractivity contribution in [1.29, 1.82) is 0 Å². The van der Waals surface area contributed by atoms with Gasteiger partial charge in [-0.2, -0.15) is 0 Å². The van der Waals surface area contributed by atoms with Crippen LogP contribution in [0.5, 0.6) is 0 Å². The Bertz CT molecular complexity index is 263. The number of hydrogen-bond acceptors (Lipinski definition) is 2. The molecule has 1 fully saturated rings. The van der Waals surface area contributed by atoms with Gasteiger partial charge in [-0.05, 0) is 46.0 Å². The minimum Gasteiger partial charge on any atom is -0.373 e. The molecule has 0 aromatic carbocycles. The molecule has 1 rings (SSSR count). The molecule has 0 spiro atoms. The molecule has 1 N–H and O–H groups in total. The summed E-state index contributed by atoms with van der Waals surface area (Å²) < 4.78 is 6.55. The van der Waals surface area contributed by atoms with Gasteiger partial charge in [0.2, 0.25) is 0 Å². The Morgan fingerprint density at radius 2 is 1.76 bits per heavy atom. The van der Waals surface area contributed by atoms with Gasteiger partial charge in [0.1, 0.15) is 0 Å². The average molecular weight is 298 g/mol. The third-order valence-corrected chi connectivity index (χ3v) is 4.87. The second kappa shape index (κ2) is 9.15. The molecule has 0 aromatic heterocycles. The van der Waals surface area contributed by atoms with Crippen LogP contribution in [0.25, 0.3) is 0 Å². The molecule has 1 unspecified atom stereocenters. The zero-order chi connectivity index (χ0) is 15.8. The van der Waals surface area contributed by atoms with Crippen LogP contribution in [0.4, 0.5) is 0 Å². The van der Waals surface area contributed by atoms with Crippen molar-refractivity contribution in [2.24, 2.45) is 5.92 Å². The Hall–Kier alpha value is -0.0800. The highest BCUT2D eigenvalue weighted by molar-refractivity contribution is 4.89. The SMILES string of the molecule is CCCCC(CC)COC1(CNC(C)(C)C)CCCCC1. The van der Waals surface area contributed by atoms with Crippen LogP contribution in [0.1, 0.15) is 92.4 Å². The summed E-state index contributed by atoms with van der Waals surface area (Å²) in [6, 6.07) is 0. The van der Waals surface area contributed by atoms with Crippen molar-refractivity contribution in [3.05, 3.63) is 0 Å². The molecule has 0 aromatic rings. The summed E-state index contributed by atoms with van der Waals surface area (Å²) in [7, 11) is 0. The number of hydrogen-bond donors (Lipinski definition) is 1. The van der Waals surface area contributed by atoms with Crippen molar-refractivity contribution in [1.82, 2.24) is 5.32 Å². The van der Waals surface area contributed by atoms with E-state index >= 15 is 0 Å². The van der Waals surface area contributed by atoms with Crippen molar-refractivity contribution >= 4 is 0 Å². The Kier molecular flexibility index (Phi) is 8.26. The van der Waals surface area contributed by atoms with Crippen LogP contribution in [0, 0.1) is 5.92 Å². The summed E-state index contributed by atoms with van der Waals surface area (Å²) in [4.78, 5) is 0. The van der Waals surface area contributed by atoms with E-state index in [1.807, 2.05) is 0 Å². The van der Waals surface area contributed by atoms with Crippen molar-refractivity contribution < 1.29 is 4.74 Å². The number of rotatable bonds is 9. The lowest BCUT2D eigenvalue weighted by Crippen LogP contribution is -2.50. The first kappa shape index (κ1) is 19.0. The number of ether oxygens (including phenoxy) is 1. The molecule has 1 saturated carbocycles. The highest BCUT2D eigenvalue weighted by atomic mass is 16.5. The van der Waals surface area contributed by atoms with E-state index in [4.69, 9.17) is 4.74 Å². The highest BCUT2D eigenvalue weighted by Crippen LogP contribution is 2.32. The third-order valence-electron chi connectivity index (χ3n) is 4.87. The monoisotopic (exact) mass is 297 g/mol. The molecule has 0 bridgehead atoms. The topological polar surface area (TPSA) is 21.3 Å². The Balaban J connectivity index is 2.52. The fourth-order valence-electron chi connectivity index (χ4n) is 3.19. The molecule has 126 valence electrons. The van der Waals surface area contributed by atoms with Gasteiger partial charge in [-0.3, -0.25) is 0 Å². The summed E-state index contributed by atoms with van der Waals surface area (Å²) in [6.07, 6.45) is 11.7. The van der Waals surface area contributed by atoms with Gasteiger partial charge in [0.25, 0.3) is 0 Å². The predicted molar refractivity (Wildman–Crippen MR) is 92.8 cm³/mol. The van der Waals surface area contributed by atoms with Crippen LogP contribution < -0.4 is 5.32 Å². The Morgan fingerprint density at radius 3 is 2.29 bits per heavy atom. The van der Waals surface area contributed by atoms with Gasteiger partial charge in [-0.1, -0.05) is 52.4 Å². The summed E-state index contributed by atoms with van der Waals surface area (Å²) in [5.74, 6) is 0.749. The van der Waals surface area contributed by atoms with E-state index in [2.05, 4.69) is 39.9 Å². The molecule has 0 heterocycles. The first-order valence-corrected chi connectivity index (χ1v) is 9.30. The minimum atomic E-state index is 0.102. The van der Waals surface area contributed by atoms with Crippen molar-refractivity contribution in [2.45, 2.75) is 104 Å². The van der Waals surface area contributed by atoms with Crippen LogP contribution in [0.15, 0.2) is 0 Å². The second-order valence-corrected chi connectivity index (χ2v) is 8.07. The first-order chi connectivity index (χ1) is 9.91. The summed E-state index contributed by atoms with van der Waals surface area (Å²) >= 11 is 0. The molecule has 21 heavy (non-hydrogen) atoms. The third kappa shape index (κ3) is 7.65. The van der Waals surface area contributed by atoms with Crippen LogP contribution in [0.2, 0.25) is 0 Å². The van der Waals surface area contributed by atoms with E-state index in [0.717, 1.165) is 19.1 Å². The van der Waals surface area contributed by atoms with Crippen molar-refractivity contribution in [3.8, 4) is 0 Å². The quantitative estimate of drug-likeness (QED) is 0.622. The van der Waals surface area contributed by atoms with E-state index in [1.54, 1.807) is 0 Å². The molecule has 1 aliphatic carbocycles. The van der Waals surface area contributed by atoms with Gasteiger partial charge >= 0.3 is 0 Å². The molecule has 0 aliphatic heterocycles. The maximum Gasteiger partial charge on any atom is 0.0806 e. The van der Waals surface area contributed by atoms with Crippen LogP contribution in [-0.2, 0) is 4.74 Å². The largest absolute Gasteiger partial charge is 0.373 e. The average Bonchev–Trinajstić information content (AvgIpc) is 2.46. The first-order valence-electron chi connectivity index (χ1n) is 9.30. The molecular weight excluding hydrogens is 258 g/mol. The Labute approximate surface area is 133 Å². The fourth-order valence-corrected chi connectivity index (χ4v) is 3.19. The van der Waals surface area contributed by atoms with Crippen LogP contribution in [-0.4, -0.2) is 24.3 Å². The molecule has 2 heteroatoms. The molecule has 0 saturated heterocycles. The van der Waals surface area contributed by atoms with Gasteiger partial charge < -0.3 is 10.1 Å². The lowest BCUT2D eigenvalue weighted by Gasteiger charge is -2.40. The summed E-state index contributed by atoms with van der Waals surface area (Å²) in [5.41, 5.74) is 0.283. The number of unbranched alkanes of at least 4 members (excludes halogenated alkanes) is 1. The maximum absolute atomic E-state index is 6.55. The summed E-state index contributed by atoms with van der Waals surface area (Å²) in [5, 5.41) is 3.69. The summed E-state index contributed by atoms with van der Waals surface area (Å²) in [6.45, 7) is 13.3. The number of nitrogens with one attached hydrogen (secondary N) is 1. The molecule has 0 radical (unpaired) electrons. The second-order valence-electron chi connectivity index (χ2n) is 8.07.